The number of rotatable bonds is 13. The monoisotopic (exact) mass is 854 g/mol. The van der Waals surface area contributed by atoms with Gasteiger partial charge in [0, 0.05) is 54.6 Å². The van der Waals surface area contributed by atoms with Crippen LogP contribution in [0.2, 0.25) is 0 Å². The summed E-state index contributed by atoms with van der Waals surface area (Å²) in [4.78, 5) is 67.6. The predicted molar refractivity (Wildman–Crippen MR) is 221 cm³/mol. The lowest BCUT2D eigenvalue weighted by molar-refractivity contribution is -0.141. The highest BCUT2D eigenvalue weighted by atomic mass is 19.4. The third kappa shape index (κ3) is 10.1. The van der Waals surface area contributed by atoms with E-state index in [-0.39, 0.29) is 41.2 Å². The minimum absolute atomic E-state index is 0.00697. The number of alkyl halides is 3. The van der Waals surface area contributed by atoms with E-state index in [9.17, 15) is 42.3 Å². The van der Waals surface area contributed by atoms with Crippen LogP contribution >= 0.6 is 0 Å². The molecule has 1 saturated carbocycles. The van der Waals surface area contributed by atoms with Gasteiger partial charge in [-0.2, -0.15) is 18.3 Å². The van der Waals surface area contributed by atoms with Gasteiger partial charge in [0.25, 0.3) is 23.5 Å². The molecule has 18 heteroatoms. The third-order valence-corrected chi connectivity index (χ3v) is 10.9. The number of fused-ring (bicyclic) bond motifs is 2. The Balaban J connectivity index is 0.849. The lowest BCUT2D eigenvalue weighted by atomic mass is 9.86. The Bertz CT molecular complexity index is 2530. The molecule has 0 bridgehead atoms. The number of anilines is 1. The van der Waals surface area contributed by atoms with Crippen molar-refractivity contribution < 1.29 is 47.0 Å². The zero-order valence-corrected chi connectivity index (χ0v) is 34.1. The van der Waals surface area contributed by atoms with Gasteiger partial charge in [-0.3, -0.25) is 29.2 Å². The molecule has 5 amide bonds. The molecule has 1 aliphatic heterocycles. The summed E-state index contributed by atoms with van der Waals surface area (Å²) in [5, 5.41) is 26.8. The molecular formula is C44H45F3N8O7. The SMILES string of the molecule is CN(CCNC(=O)NCc1ccc(Oc2cccc3c2C(=O)NC(=O)C3=O)cc1)CC1CCC(n2cc3cc(NC(=O)c4cccc(C(F)(F)F)n4)c(C(C)(C)O)cc3n2)CC1. The van der Waals surface area contributed by atoms with Crippen molar-refractivity contribution in [1.29, 1.82) is 0 Å². The van der Waals surface area contributed by atoms with E-state index in [0.717, 1.165) is 49.9 Å². The molecule has 0 saturated heterocycles. The molecule has 324 valence electrons. The van der Waals surface area contributed by atoms with Gasteiger partial charge in [0.2, 0.25) is 0 Å². The van der Waals surface area contributed by atoms with Crippen molar-refractivity contribution in [2.45, 2.75) is 63.9 Å². The Morgan fingerprint density at radius 1 is 0.952 bits per heavy atom. The molecule has 3 heterocycles. The number of hydrogen-bond donors (Lipinski definition) is 5. The normalized spacial score (nSPS) is 16.8. The van der Waals surface area contributed by atoms with Crippen LogP contribution in [0, 0.1) is 5.92 Å². The van der Waals surface area contributed by atoms with Gasteiger partial charge in [-0.25, -0.2) is 9.78 Å². The number of ether oxygens (including phenoxy) is 1. The number of halogens is 3. The summed E-state index contributed by atoms with van der Waals surface area (Å²) >= 11 is 0. The van der Waals surface area contributed by atoms with E-state index in [4.69, 9.17) is 9.84 Å². The predicted octanol–water partition coefficient (Wildman–Crippen LogP) is 6.34. The van der Waals surface area contributed by atoms with Crippen molar-refractivity contribution in [3.63, 3.8) is 0 Å². The number of aliphatic hydroxyl groups is 1. The van der Waals surface area contributed by atoms with Crippen LogP contribution in [0.25, 0.3) is 10.9 Å². The van der Waals surface area contributed by atoms with Crippen LogP contribution in [0.15, 0.2) is 79.0 Å². The Morgan fingerprint density at radius 3 is 2.39 bits per heavy atom. The van der Waals surface area contributed by atoms with Crippen molar-refractivity contribution in [2.24, 2.45) is 5.92 Å². The molecule has 1 fully saturated rings. The van der Waals surface area contributed by atoms with Crippen LogP contribution in [-0.2, 0) is 23.1 Å². The standard InChI is InChI=1S/C44H45F3N8O7/c1-43(2,61)31-21-33-27(20-34(31)51-39(57)32-7-5-9-36(50-32)44(45,46)47)24-55(53-33)28-14-10-26(11-15-28)23-54(3)19-18-48-42(60)49-22-25-12-16-29(17-13-25)62-35-8-4-6-30-37(35)40(58)52-41(59)38(30)56/h4-9,12-13,16-17,20-21,24,26,28,61H,10-11,14-15,18-19,22-23H2,1-3H3,(H,51,57)(H2,48,49,60)(H,52,58,59). The quantitative estimate of drug-likeness (QED) is 0.0659. The second-order valence-electron chi connectivity index (χ2n) is 16.1. The molecule has 0 unspecified atom stereocenters. The van der Waals surface area contributed by atoms with Crippen LogP contribution in [0.3, 0.4) is 0 Å². The molecule has 15 nitrogen and oxygen atoms in total. The minimum Gasteiger partial charge on any atom is -0.457 e. The first kappa shape index (κ1) is 43.4. The molecule has 7 rings (SSSR count). The molecule has 5 aromatic rings. The molecule has 5 N–H and O–H groups in total. The molecule has 0 radical (unpaired) electrons. The van der Waals surface area contributed by atoms with Gasteiger partial charge >= 0.3 is 12.2 Å². The Morgan fingerprint density at radius 2 is 1.68 bits per heavy atom. The summed E-state index contributed by atoms with van der Waals surface area (Å²) in [6, 6.07) is 17.6. The van der Waals surface area contributed by atoms with Gasteiger partial charge in [-0.1, -0.05) is 24.3 Å². The van der Waals surface area contributed by atoms with Crippen LogP contribution in [0.4, 0.5) is 23.7 Å². The zero-order valence-electron chi connectivity index (χ0n) is 34.1. The van der Waals surface area contributed by atoms with Crippen LogP contribution in [0.1, 0.15) is 93.6 Å². The van der Waals surface area contributed by atoms with E-state index in [1.54, 1.807) is 50.2 Å². The highest BCUT2D eigenvalue weighted by Gasteiger charge is 2.34. The average Bonchev–Trinajstić information content (AvgIpc) is 3.65. The van der Waals surface area contributed by atoms with Gasteiger partial charge in [0.15, 0.2) is 0 Å². The summed E-state index contributed by atoms with van der Waals surface area (Å²) in [6.45, 7) is 5.31. The number of imide groups is 1. The van der Waals surface area contributed by atoms with E-state index in [1.807, 2.05) is 23.2 Å². The number of nitrogens with one attached hydrogen (secondary N) is 4. The highest BCUT2D eigenvalue weighted by molar-refractivity contribution is 6.49. The fourth-order valence-electron chi connectivity index (χ4n) is 7.71. The molecule has 3 aromatic carbocycles. The highest BCUT2D eigenvalue weighted by Crippen LogP contribution is 2.36. The largest absolute Gasteiger partial charge is 0.457 e. The lowest BCUT2D eigenvalue weighted by Crippen LogP contribution is -2.42. The van der Waals surface area contributed by atoms with Gasteiger partial charge in [-0.05, 0) is 107 Å². The first-order valence-corrected chi connectivity index (χ1v) is 20.0. The Kier molecular flexibility index (Phi) is 12.4. The molecule has 2 aliphatic rings. The molecule has 62 heavy (non-hydrogen) atoms. The van der Waals surface area contributed by atoms with E-state index < -0.39 is 46.7 Å². The lowest BCUT2D eigenvalue weighted by Gasteiger charge is -2.31. The molecular weight excluding hydrogens is 810 g/mol. The average molecular weight is 855 g/mol. The van der Waals surface area contributed by atoms with Crippen LogP contribution in [0.5, 0.6) is 11.5 Å². The number of urea groups is 1. The number of benzene rings is 3. The van der Waals surface area contributed by atoms with Gasteiger partial charge in [0.05, 0.1) is 22.7 Å². The first-order chi connectivity index (χ1) is 29.4. The Hall–Kier alpha value is -6.66. The van der Waals surface area contributed by atoms with Crippen LogP contribution < -0.4 is 26.0 Å². The number of amides is 5. The van der Waals surface area contributed by atoms with Gasteiger partial charge < -0.3 is 30.7 Å². The fourth-order valence-corrected chi connectivity index (χ4v) is 7.71. The fraction of sp³-hybridized carbons (Fsp3) is 0.341. The second kappa shape index (κ2) is 17.7. The number of pyridine rings is 1. The maximum atomic E-state index is 13.2. The number of nitrogens with zero attached hydrogens (tertiary/aromatic N) is 4. The molecule has 2 aromatic heterocycles. The van der Waals surface area contributed by atoms with Crippen LogP contribution in [-0.4, -0.2) is 81.0 Å². The van der Waals surface area contributed by atoms with Crippen molar-refractivity contribution in [1.82, 2.24) is 35.6 Å². The number of carbonyl (C=O) groups is 5. The molecule has 0 spiro atoms. The second-order valence-corrected chi connectivity index (χ2v) is 16.1. The van der Waals surface area contributed by atoms with Gasteiger partial charge in [0.1, 0.15) is 22.9 Å². The van der Waals surface area contributed by atoms with E-state index in [2.05, 4.69) is 25.8 Å². The topological polar surface area (TPSA) is 197 Å². The van der Waals surface area contributed by atoms with Crippen molar-refractivity contribution in [3.05, 3.63) is 113 Å². The van der Waals surface area contributed by atoms with Crippen molar-refractivity contribution in [2.75, 3.05) is 32.0 Å². The first-order valence-electron chi connectivity index (χ1n) is 20.0. The van der Waals surface area contributed by atoms with Gasteiger partial charge in [-0.15, -0.1) is 0 Å². The van der Waals surface area contributed by atoms with Crippen molar-refractivity contribution >= 4 is 46.1 Å². The summed E-state index contributed by atoms with van der Waals surface area (Å²) in [5.41, 5.74) is -0.997. The Labute approximate surface area is 354 Å². The maximum Gasteiger partial charge on any atom is 0.433 e. The zero-order chi connectivity index (χ0) is 44.3. The number of aromatic nitrogens is 3. The summed E-state index contributed by atoms with van der Waals surface area (Å²) in [5.74, 6) is -2.35. The van der Waals surface area contributed by atoms with Crippen molar-refractivity contribution in [3.8, 4) is 11.5 Å². The smallest absolute Gasteiger partial charge is 0.433 e. The number of carbonyl (C=O) groups excluding carboxylic acids is 5. The molecule has 1 aliphatic carbocycles. The maximum absolute atomic E-state index is 13.2. The van der Waals surface area contributed by atoms with E-state index >= 15 is 0 Å². The summed E-state index contributed by atoms with van der Waals surface area (Å²) < 4.78 is 47.5. The van der Waals surface area contributed by atoms with E-state index in [0.29, 0.717) is 41.2 Å². The number of likely N-dealkylation sites (N-methyl/N-ethyl adjacent to an activating group) is 1. The number of ketones is 1. The third-order valence-electron chi connectivity index (χ3n) is 10.9. The summed E-state index contributed by atoms with van der Waals surface area (Å²) in [7, 11) is 2.02. The summed E-state index contributed by atoms with van der Waals surface area (Å²) in [6.07, 6.45) is 0.880. The van der Waals surface area contributed by atoms with E-state index in [1.165, 1.54) is 24.3 Å². The number of hydrogen-bond acceptors (Lipinski definition) is 10. The minimum atomic E-state index is -4.71. The number of Topliss-reactive ketones (excluding diaryl/α,β-unsaturated/α-hetero) is 1. The molecule has 0 atom stereocenters.